The first-order valence-corrected chi connectivity index (χ1v) is 13.8. The molecule has 2 N–H and O–H groups in total. The van der Waals surface area contributed by atoms with Gasteiger partial charge in [0.25, 0.3) is 0 Å². The van der Waals surface area contributed by atoms with Crippen LogP contribution in [0.25, 0.3) is 10.4 Å². The lowest BCUT2D eigenvalue weighted by Gasteiger charge is -2.36. The monoisotopic (exact) mass is 527 g/mol. The van der Waals surface area contributed by atoms with Crippen molar-refractivity contribution in [2.24, 2.45) is 16.7 Å². The van der Waals surface area contributed by atoms with Crippen molar-refractivity contribution in [3.8, 4) is 10.4 Å². The number of aliphatic hydroxyl groups excluding tert-OH is 1. The van der Waals surface area contributed by atoms with Gasteiger partial charge in [-0.1, -0.05) is 65.8 Å². The zero-order valence-electron chi connectivity index (χ0n) is 23.3. The molecule has 1 saturated heterocycles. The highest BCUT2D eigenvalue weighted by Crippen LogP contribution is 2.35. The molecule has 0 spiro atoms. The van der Waals surface area contributed by atoms with Gasteiger partial charge >= 0.3 is 0 Å². The third kappa shape index (κ3) is 6.85. The van der Waals surface area contributed by atoms with E-state index in [1.54, 1.807) is 11.3 Å². The van der Waals surface area contributed by atoms with Gasteiger partial charge in [-0.05, 0) is 30.4 Å². The zero-order valence-corrected chi connectivity index (χ0v) is 24.1. The number of carbonyl (C=O) groups is 3. The average Bonchev–Trinajstić information content (AvgIpc) is 3.40. The highest BCUT2D eigenvalue weighted by atomic mass is 32.1. The van der Waals surface area contributed by atoms with Crippen LogP contribution in [-0.4, -0.2) is 51.3 Å². The van der Waals surface area contributed by atoms with E-state index in [2.05, 4.69) is 10.3 Å². The van der Waals surface area contributed by atoms with E-state index in [0.717, 1.165) is 21.7 Å². The van der Waals surface area contributed by atoms with Gasteiger partial charge in [0, 0.05) is 30.7 Å². The maximum atomic E-state index is 13.7. The van der Waals surface area contributed by atoms with Gasteiger partial charge in [0.05, 0.1) is 28.2 Å². The Labute approximate surface area is 224 Å². The minimum absolute atomic E-state index is 0.00659. The predicted molar refractivity (Wildman–Crippen MR) is 147 cm³/mol. The lowest BCUT2D eigenvalue weighted by atomic mass is 9.73. The van der Waals surface area contributed by atoms with Crippen molar-refractivity contribution in [1.29, 1.82) is 0 Å². The Kier molecular flexibility index (Phi) is 8.64. The molecular weight excluding hydrogens is 486 g/mol. The number of likely N-dealkylation sites (tertiary alicyclic amines) is 1. The first kappa shape index (κ1) is 29.0. The molecule has 0 unspecified atom stereocenters. The molecule has 1 fully saturated rings. The van der Waals surface area contributed by atoms with Crippen molar-refractivity contribution in [3.63, 3.8) is 0 Å². The number of hydrogen-bond donors (Lipinski definition) is 2. The second kappa shape index (κ2) is 11.0. The topological polar surface area (TPSA) is 99.6 Å². The number of nitrogens with zero attached hydrogens (tertiary/aromatic N) is 2. The number of aryl methyl sites for hydroxylation is 1. The Morgan fingerprint density at radius 2 is 1.76 bits per heavy atom. The summed E-state index contributed by atoms with van der Waals surface area (Å²) in [6.45, 7) is 15.3. The molecule has 8 heteroatoms. The van der Waals surface area contributed by atoms with Crippen molar-refractivity contribution in [3.05, 3.63) is 41.0 Å². The lowest BCUT2D eigenvalue weighted by molar-refractivity contribution is -0.147. The molecule has 2 aromatic rings. The molecule has 7 nitrogen and oxygen atoms in total. The van der Waals surface area contributed by atoms with E-state index in [1.807, 2.05) is 85.2 Å². The Hall–Kier alpha value is -2.58. The summed E-state index contributed by atoms with van der Waals surface area (Å²) in [6, 6.07) is 6.96. The number of amides is 2. The number of aromatic nitrogens is 1. The number of hydrogen-bond acceptors (Lipinski definition) is 6. The van der Waals surface area contributed by atoms with Crippen LogP contribution in [0, 0.1) is 23.7 Å². The molecular formula is C29H41N3O4S. The fraction of sp³-hybridized carbons (Fsp3) is 0.586. The van der Waals surface area contributed by atoms with Gasteiger partial charge in [-0.15, -0.1) is 11.3 Å². The molecule has 0 bridgehead atoms. The van der Waals surface area contributed by atoms with Crippen LogP contribution in [0.3, 0.4) is 0 Å². The van der Waals surface area contributed by atoms with Gasteiger partial charge in [-0.25, -0.2) is 4.98 Å². The molecule has 0 aliphatic carbocycles. The maximum Gasteiger partial charge on any atom is 0.243 e. The molecule has 37 heavy (non-hydrogen) atoms. The minimum atomic E-state index is -0.782. The maximum absolute atomic E-state index is 13.7. The van der Waals surface area contributed by atoms with Gasteiger partial charge in [0.2, 0.25) is 11.8 Å². The molecule has 4 atom stereocenters. The van der Waals surface area contributed by atoms with E-state index in [9.17, 15) is 19.5 Å². The molecule has 1 aromatic heterocycles. The van der Waals surface area contributed by atoms with E-state index in [0.29, 0.717) is 0 Å². The molecule has 0 radical (unpaired) electrons. The van der Waals surface area contributed by atoms with Crippen LogP contribution in [-0.2, 0) is 14.4 Å². The molecule has 0 saturated carbocycles. The minimum Gasteiger partial charge on any atom is -0.391 e. The molecule has 2 heterocycles. The van der Waals surface area contributed by atoms with Crippen LogP contribution in [0.4, 0.5) is 0 Å². The number of carbonyl (C=O) groups excluding carboxylic acids is 3. The number of aliphatic hydroxyl groups is 1. The average molecular weight is 528 g/mol. The molecule has 1 aliphatic heterocycles. The fourth-order valence-corrected chi connectivity index (χ4v) is 5.47. The van der Waals surface area contributed by atoms with E-state index in [-0.39, 0.29) is 43.0 Å². The van der Waals surface area contributed by atoms with Crippen molar-refractivity contribution in [1.82, 2.24) is 15.2 Å². The molecule has 3 rings (SSSR count). The normalized spacial score (nSPS) is 20.0. The van der Waals surface area contributed by atoms with E-state index in [1.165, 1.54) is 4.90 Å². The lowest BCUT2D eigenvalue weighted by Crippen LogP contribution is -2.50. The number of β-amino-alcohol motifs (C(OH)–C–C–N with tert-alkyl or cyclic N) is 1. The predicted octanol–water partition coefficient (Wildman–Crippen LogP) is 4.93. The summed E-state index contributed by atoms with van der Waals surface area (Å²) in [5.74, 6) is -1.12. The zero-order chi connectivity index (χ0) is 27.7. The number of nitrogens with one attached hydrogen (secondary N) is 1. The van der Waals surface area contributed by atoms with Crippen LogP contribution in [0.15, 0.2) is 29.8 Å². The van der Waals surface area contributed by atoms with Gasteiger partial charge in [-0.3, -0.25) is 14.4 Å². The van der Waals surface area contributed by atoms with Crippen LogP contribution >= 0.6 is 11.3 Å². The highest BCUT2D eigenvalue weighted by Gasteiger charge is 2.45. The highest BCUT2D eigenvalue weighted by molar-refractivity contribution is 7.13. The Morgan fingerprint density at radius 3 is 2.27 bits per heavy atom. The van der Waals surface area contributed by atoms with Crippen LogP contribution < -0.4 is 5.32 Å². The van der Waals surface area contributed by atoms with Gasteiger partial charge < -0.3 is 15.3 Å². The summed E-state index contributed by atoms with van der Waals surface area (Å²) in [7, 11) is 0. The molecule has 1 aromatic carbocycles. The Bertz CT molecular complexity index is 1130. The van der Waals surface area contributed by atoms with Crippen molar-refractivity contribution in [2.45, 2.75) is 86.4 Å². The third-order valence-corrected chi connectivity index (χ3v) is 8.19. The summed E-state index contributed by atoms with van der Waals surface area (Å²) < 4.78 is 0. The summed E-state index contributed by atoms with van der Waals surface area (Å²) >= 11 is 1.59. The van der Waals surface area contributed by atoms with Gasteiger partial charge in [-0.2, -0.15) is 0 Å². The van der Waals surface area contributed by atoms with Crippen LogP contribution in [0.5, 0.6) is 0 Å². The number of benzene rings is 1. The van der Waals surface area contributed by atoms with Crippen molar-refractivity contribution < 1.29 is 19.5 Å². The second-order valence-corrected chi connectivity index (χ2v) is 13.2. The second-order valence-electron chi connectivity index (χ2n) is 12.3. The van der Waals surface area contributed by atoms with E-state index < -0.39 is 28.9 Å². The summed E-state index contributed by atoms with van der Waals surface area (Å²) in [5.41, 5.74) is 3.80. The largest absolute Gasteiger partial charge is 0.391 e. The van der Waals surface area contributed by atoms with Gasteiger partial charge in [0.1, 0.15) is 11.8 Å². The quantitative estimate of drug-likeness (QED) is 0.532. The first-order chi connectivity index (χ1) is 17.1. The van der Waals surface area contributed by atoms with Crippen LogP contribution in [0.1, 0.15) is 78.6 Å². The van der Waals surface area contributed by atoms with Crippen molar-refractivity contribution >= 4 is 28.9 Å². The molecule has 2 amide bonds. The molecule has 202 valence electrons. The third-order valence-electron chi connectivity index (χ3n) is 7.21. The Balaban J connectivity index is 1.74. The summed E-state index contributed by atoms with van der Waals surface area (Å²) in [5, 5.41) is 13.4. The molecule has 1 aliphatic rings. The Morgan fingerprint density at radius 1 is 1.14 bits per heavy atom. The van der Waals surface area contributed by atoms with E-state index in [4.69, 9.17) is 0 Å². The number of rotatable bonds is 7. The van der Waals surface area contributed by atoms with Crippen LogP contribution in [0.2, 0.25) is 0 Å². The summed E-state index contributed by atoms with van der Waals surface area (Å²) in [4.78, 5) is 46.8. The van der Waals surface area contributed by atoms with Gasteiger partial charge in [0.15, 0.2) is 0 Å². The number of ketones is 1. The van der Waals surface area contributed by atoms with Crippen molar-refractivity contribution in [2.75, 3.05) is 6.54 Å². The fourth-order valence-electron chi connectivity index (χ4n) is 4.66. The van der Waals surface area contributed by atoms with E-state index >= 15 is 0 Å². The standard InChI is InChI=1S/C29H41N3O4S/c1-17(19-9-11-20(12-10-19)25-18(2)30-16-37-25)31-26(35)23-13-21(33)15-32(23)27(36)22(28(3,4)5)14-24(34)29(6,7)8/h9-12,16-17,21-23,33H,13-15H2,1-8H3,(H,31,35)/t17-,21+,22+,23-/m0/s1. The number of thiazole rings is 1. The first-order valence-electron chi connectivity index (χ1n) is 12.9. The summed E-state index contributed by atoms with van der Waals surface area (Å²) in [6.07, 6.45) is -0.497. The smallest absolute Gasteiger partial charge is 0.243 e. The SMILES string of the molecule is Cc1ncsc1-c1ccc([C@H](C)NC(=O)[C@@H]2C[C@@H](O)CN2C(=O)[C@@H](CC(=O)C(C)(C)C)C(C)(C)C)cc1. The number of Topliss-reactive ketones (excluding diaryl/α,β-unsaturated/α-hetero) is 1.